The molecule has 0 aliphatic heterocycles. The molecular weight excluding hydrogens is 302 g/mol. The molecule has 2 aromatic heterocycles. The second kappa shape index (κ2) is 3.78. The minimum Gasteiger partial charge on any atom is -0.398 e. The molecule has 0 saturated heterocycles. The lowest BCUT2D eigenvalue weighted by Crippen LogP contribution is -1.92. The van der Waals surface area contributed by atoms with Crippen molar-refractivity contribution in [1.29, 1.82) is 0 Å². The molecule has 0 aliphatic rings. The number of hydrogen-bond donors (Lipinski definition) is 1. The van der Waals surface area contributed by atoms with Crippen molar-refractivity contribution in [3.63, 3.8) is 0 Å². The van der Waals surface area contributed by atoms with Crippen LogP contribution < -0.4 is 5.73 Å². The normalized spacial score (nSPS) is 11.2. The van der Waals surface area contributed by atoms with Crippen LogP contribution in [0.15, 0.2) is 22.7 Å². The minimum absolute atomic E-state index is 0.704. The maximum Gasteiger partial charge on any atom is 0.234 e. The average molecular weight is 310 g/mol. The molecule has 1 aromatic carbocycles. The van der Waals surface area contributed by atoms with E-state index in [1.165, 1.54) is 11.3 Å². The highest BCUT2D eigenvalue weighted by atomic mass is 79.9. The zero-order valence-corrected chi connectivity index (χ0v) is 11.3. The highest BCUT2D eigenvalue weighted by molar-refractivity contribution is 9.10. The molecule has 0 unspecified atom stereocenters. The number of nitrogen functional groups attached to an aromatic ring is 1. The summed E-state index contributed by atoms with van der Waals surface area (Å²) in [6, 6.07) is 5.72. The summed E-state index contributed by atoms with van der Waals surface area (Å²) in [6.07, 6.45) is 0. The van der Waals surface area contributed by atoms with Crippen LogP contribution in [0.3, 0.4) is 0 Å². The summed E-state index contributed by atoms with van der Waals surface area (Å²) in [5.74, 6) is 0.774. The van der Waals surface area contributed by atoms with Crippen LogP contribution >= 0.6 is 27.3 Å². The van der Waals surface area contributed by atoms with Gasteiger partial charge in [0.2, 0.25) is 4.96 Å². The monoisotopic (exact) mass is 309 g/mol. The first kappa shape index (κ1) is 10.7. The van der Waals surface area contributed by atoms with Crippen molar-refractivity contribution in [3.05, 3.63) is 28.5 Å². The van der Waals surface area contributed by atoms with Crippen molar-refractivity contribution in [3.8, 4) is 10.6 Å². The number of nitrogens with zero attached hydrogens (tertiary/aromatic N) is 4. The largest absolute Gasteiger partial charge is 0.398 e. The van der Waals surface area contributed by atoms with Crippen LogP contribution in [-0.4, -0.2) is 19.8 Å². The molecule has 0 bridgehead atoms. The van der Waals surface area contributed by atoms with Gasteiger partial charge in [-0.1, -0.05) is 27.3 Å². The van der Waals surface area contributed by atoms with Gasteiger partial charge in [0.25, 0.3) is 0 Å². The molecule has 0 amide bonds. The SMILES string of the molecule is Cc1nnc2sc(-c3cc(Br)ccc3N)nn12. The minimum atomic E-state index is 0.704. The molecule has 0 saturated carbocycles. The Labute approximate surface area is 109 Å². The third kappa shape index (κ3) is 1.71. The molecule has 2 heterocycles. The zero-order valence-electron chi connectivity index (χ0n) is 8.88. The number of anilines is 1. The third-order valence-corrected chi connectivity index (χ3v) is 3.82. The average Bonchev–Trinajstić information content (AvgIpc) is 2.85. The van der Waals surface area contributed by atoms with Crippen LogP contribution in [0.25, 0.3) is 15.5 Å². The van der Waals surface area contributed by atoms with Gasteiger partial charge in [-0.05, 0) is 25.1 Å². The van der Waals surface area contributed by atoms with Crippen LogP contribution in [0.4, 0.5) is 5.69 Å². The second-order valence-electron chi connectivity index (χ2n) is 3.58. The van der Waals surface area contributed by atoms with Gasteiger partial charge in [0, 0.05) is 15.7 Å². The first-order valence-electron chi connectivity index (χ1n) is 4.89. The Morgan fingerprint density at radius 1 is 1.35 bits per heavy atom. The molecule has 17 heavy (non-hydrogen) atoms. The Bertz CT molecular complexity index is 702. The number of halogens is 1. The smallest absolute Gasteiger partial charge is 0.234 e. The van der Waals surface area contributed by atoms with Gasteiger partial charge in [-0.25, -0.2) is 0 Å². The van der Waals surface area contributed by atoms with E-state index in [-0.39, 0.29) is 0 Å². The van der Waals surface area contributed by atoms with Gasteiger partial charge < -0.3 is 5.73 Å². The Morgan fingerprint density at radius 3 is 2.94 bits per heavy atom. The van der Waals surface area contributed by atoms with Gasteiger partial charge in [-0.3, -0.25) is 0 Å². The molecule has 0 atom stereocenters. The maximum absolute atomic E-state index is 5.95. The van der Waals surface area contributed by atoms with Crippen molar-refractivity contribution in [1.82, 2.24) is 19.8 Å². The van der Waals surface area contributed by atoms with E-state index < -0.39 is 0 Å². The molecule has 3 rings (SSSR count). The second-order valence-corrected chi connectivity index (χ2v) is 5.45. The molecule has 7 heteroatoms. The fourth-order valence-electron chi connectivity index (χ4n) is 1.54. The molecule has 5 nitrogen and oxygen atoms in total. The summed E-state index contributed by atoms with van der Waals surface area (Å²) in [5.41, 5.74) is 7.57. The molecule has 0 spiro atoms. The number of hydrogen-bond acceptors (Lipinski definition) is 5. The fourth-order valence-corrected chi connectivity index (χ4v) is 2.82. The number of fused-ring (bicyclic) bond motifs is 1. The van der Waals surface area contributed by atoms with Crippen LogP contribution in [-0.2, 0) is 0 Å². The van der Waals surface area contributed by atoms with E-state index in [0.717, 1.165) is 25.8 Å². The Balaban J connectivity index is 2.23. The lowest BCUT2D eigenvalue weighted by molar-refractivity contribution is 0.898. The topological polar surface area (TPSA) is 69.1 Å². The lowest BCUT2D eigenvalue weighted by Gasteiger charge is -2.01. The van der Waals surface area contributed by atoms with Crippen LogP contribution in [0, 0.1) is 6.92 Å². The van der Waals surface area contributed by atoms with Gasteiger partial charge in [0.15, 0.2) is 5.82 Å². The highest BCUT2D eigenvalue weighted by Crippen LogP contribution is 2.32. The van der Waals surface area contributed by atoms with Crippen molar-refractivity contribution < 1.29 is 0 Å². The third-order valence-electron chi connectivity index (χ3n) is 2.39. The van der Waals surface area contributed by atoms with Crippen molar-refractivity contribution in [2.45, 2.75) is 6.92 Å². The number of benzene rings is 1. The number of aromatic nitrogens is 4. The fraction of sp³-hybridized carbons (Fsp3) is 0.100. The standard InChI is InChI=1S/C10H8BrN5S/c1-5-13-14-10-16(5)15-9(17-10)7-4-6(11)2-3-8(7)12/h2-4H,12H2,1H3. The van der Waals surface area contributed by atoms with E-state index in [9.17, 15) is 0 Å². The molecule has 0 radical (unpaired) electrons. The van der Waals surface area contributed by atoms with Gasteiger partial charge >= 0.3 is 0 Å². The molecular formula is C10H8BrN5S. The van der Waals surface area contributed by atoms with E-state index in [2.05, 4.69) is 31.2 Å². The number of aryl methyl sites for hydroxylation is 1. The van der Waals surface area contributed by atoms with Crippen molar-refractivity contribution in [2.75, 3.05) is 5.73 Å². The highest BCUT2D eigenvalue weighted by Gasteiger charge is 2.12. The Hall–Kier alpha value is -1.47. The van der Waals surface area contributed by atoms with Crippen molar-refractivity contribution in [2.24, 2.45) is 0 Å². The van der Waals surface area contributed by atoms with E-state index in [0.29, 0.717) is 5.69 Å². The summed E-state index contributed by atoms with van der Waals surface area (Å²) in [5, 5.41) is 13.3. The summed E-state index contributed by atoms with van der Waals surface area (Å²) in [4.78, 5) is 0.775. The molecule has 2 N–H and O–H groups in total. The lowest BCUT2D eigenvalue weighted by atomic mass is 10.2. The summed E-state index contributed by atoms with van der Waals surface area (Å²) >= 11 is 4.90. The predicted octanol–water partition coefficient (Wildman–Crippen LogP) is 2.51. The summed E-state index contributed by atoms with van der Waals surface area (Å²) in [7, 11) is 0. The van der Waals surface area contributed by atoms with E-state index in [1.807, 2.05) is 25.1 Å². The van der Waals surface area contributed by atoms with E-state index in [4.69, 9.17) is 5.73 Å². The first-order valence-corrected chi connectivity index (χ1v) is 6.50. The van der Waals surface area contributed by atoms with E-state index >= 15 is 0 Å². The van der Waals surface area contributed by atoms with Gasteiger partial charge in [0.1, 0.15) is 5.01 Å². The summed E-state index contributed by atoms with van der Waals surface area (Å²) in [6.45, 7) is 1.87. The predicted molar refractivity (Wildman–Crippen MR) is 70.9 cm³/mol. The van der Waals surface area contributed by atoms with Gasteiger partial charge in [-0.15, -0.1) is 10.2 Å². The molecule has 86 valence electrons. The number of rotatable bonds is 1. The van der Waals surface area contributed by atoms with Crippen LogP contribution in [0.2, 0.25) is 0 Å². The van der Waals surface area contributed by atoms with Gasteiger partial charge in [0.05, 0.1) is 0 Å². The molecule has 3 aromatic rings. The van der Waals surface area contributed by atoms with Gasteiger partial charge in [-0.2, -0.15) is 9.61 Å². The van der Waals surface area contributed by atoms with Crippen LogP contribution in [0.1, 0.15) is 5.82 Å². The zero-order chi connectivity index (χ0) is 12.0. The number of nitrogens with two attached hydrogens (primary N) is 1. The van der Waals surface area contributed by atoms with Crippen molar-refractivity contribution >= 4 is 37.9 Å². The maximum atomic E-state index is 5.95. The van der Waals surface area contributed by atoms with E-state index in [1.54, 1.807) is 4.52 Å². The quantitative estimate of drug-likeness (QED) is 0.701. The Kier molecular flexibility index (Phi) is 2.37. The molecule has 0 fully saturated rings. The van der Waals surface area contributed by atoms with Crippen LogP contribution in [0.5, 0.6) is 0 Å². The summed E-state index contributed by atoms with van der Waals surface area (Å²) < 4.78 is 2.70. The molecule has 0 aliphatic carbocycles. The first-order chi connectivity index (χ1) is 8.15. The Morgan fingerprint density at radius 2 is 2.18 bits per heavy atom.